The molecule has 1 atom stereocenters. The predicted octanol–water partition coefficient (Wildman–Crippen LogP) is 4.73. The summed E-state index contributed by atoms with van der Waals surface area (Å²) in [5, 5.41) is 3.93. The maximum absolute atomic E-state index is 13.5. The molecule has 2 aromatic rings. The minimum absolute atomic E-state index is 0.178. The van der Waals surface area contributed by atoms with Crippen molar-refractivity contribution in [1.29, 1.82) is 0 Å². The summed E-state index contributed by atoms with van der Waals surface area (Å²) in [6, 6.07) is 6.20. The van der Waals surface area contributed by atoms with E-state index in [2.05, 4.69) is 33.2 Å². The van der Waals surface area contributed by atoms with Crippen LogP contribution in [0.15, 0.2) is 41.1 Å². The summed E-state index contributed by atoms with van der Waals surface area (Å²) < 4.78 is 14.4. The molecule has 0 radical (unpaired) electrons. The van der Waals surface area contributed by atoms with Crippen molar-refractivity contribution < 1.29 is 4.39 Å². The lowest BCUT2D eigenvalue weighted by atomic mass is 10.00. The van der Waals surface area contributed by atoms with E-state index in [1.807, 2.05) is 6.07 Å². The largest absolute Gasteiger partial charge is 0.306 e. The van der Waals surface area contributed by atoms with Crippen LogP contribution in [0.25, 0.3) is 0 Å². The molecule has 0 spiro atoms. The molecule has 2 nitrogen and oxygen atoms in total. The Kier molecular flexibility index (Phi) is 5.52. The maximum atomic E-state index is 13.5. The minimum Gasteiger partial charge on any atom is -0.306 e. The van der Waals surface area contributed by atoms with Gasteiger partial charge < -0.3 is 5.32 Å². The van der Waals surface area contributed by atoms with Crippen LogP contribution in [0.4, 0.5) is 4.39 Å². The van der Waals surface area contributed by atoms with E-state index in [0.29, 0.717) is 5.02 Å². The highest BCUT2D eigenvalue weighted by atomic mass is 79.9. The van der Waals surface area contributed by atoms with Crippen molar-refractivity contribution in [2.24, 2.45) is 0 Å². The van der Waals surface area contributed by atoms with Gasteiger partial charge in [0, 0.05) is 21.9 Å². The second-order valence-corrected chi connectivity index (χ2v) is 5.81. The molecule has 0 saturated heterocycles. The van der Waals surface area contributed by atoms with Crippen LogP contribution in [0, 0.1) is 5.82 Å². The summed E-state index contributed by atoms with van der Waals surface area (Å²) in [4.78, 5) is 4.17. The molecule has 1 aromatic carbocycles. The third-order valence-corrected chi connectivity index (χ3v) is 3.70. The van der Waals surface area contributed by atoms with Crippen LogP contribution in [0.1, 0.15) is 30.5 Å². The van der Waals surface area contributed by atoms with Gasteiger partial charge in [0.05, 0.1) is 6.04 Å². The lowest BCUT2D eigenvalue weighted by molar-refractivity contribution is 0.584. The number of hydrogen-bond donors (Lipinski definition) is 1. The molecular weight excluding hydrogens is 343 g/mol. The van der Waals surface area contributed by atoms with Crippen LogP contribution in [0.2, 0.25) is 5.02 Å². The highest BCUT2D eigenvalue weighted by molar-refractivity contribution is 9.10. The normalized spacial score (nSPS) is 12.4. The number of nitrogens with zero attached hydrogens (tertiary/aromatic N) is 1. The SMILES string of the molecule is CCCNC(c1cncc(Br)c1)c1cc(F)ccc1Cl. The van der Waals surface area contributed by atoms with Crippen LogP contribution in [-0.2, 0) is 0 Å². The number of hydrogen-bond acceptors (Lipinski definition) is 2. The van der Waals surface area contributed by atoms with Crippen LogP contribution < -0.4 is 5.32 Å². The van der Waals surface area contributed by atoms with Gasteiger partial charge in [-0.15, -0.1) is 0 Å². The van der Waals surface area contributed by atoms with Gasteiger partial charge in [0.25, 0.3) is 0 Å². The molecule has 2 rings (SSSR count). The first-order valence-electron chi connectivity index (χ1n) is 6.40. The fourth-order valence-corrected chi connectivity index (χ4v) is 2.63. The summed E-state index contributed by atoms with van der Waals surface area (Å²) in [6.07, 6.45) is 4.46. The van der Waals surface area contributed by atoms with Crippen molar-refractivity contribution in [3.63, 3.8) is 0 Å². The summed E-state index contributed by atoms with van der Waals surface area (Å²) in [7, 11) is 0. The van der Waals surface area contributed by atoms with E-state index in [1.165, 1.54) is 12.1 Å². The lowest BCUT2D eigenvalue weighted by Crippen LogP contribution is -2.23. The number of halogens is 3. The average Bonchev–Trinajstić information content (AvgIpc) is 2.43. The van der Waals surface area contributed by atoms with Crippen molar-refractivity contribution in [2.45, 2.75) is 19.4 Å². The molecule has 0 aliphatic rings. The van der Waals surface area contributed by atoms with Crippen molar-refractivity contribution in [3.8, 4) is 0 Å². The van der Waals surface area contributed by atoms with Gasteiger partial charge in [0.15, 0.2) is 0 Å². The Balaban J connectivity index is 2.44. The van der Waals surface area contributed by atoms with E-state index in [9.17, 15) is 4.39 Å². The van der Waals surface area contributed by atoms with Crippen molar-refractivity contribution >= 4 is 27.5 Å². The Morgan fingerprint density at radius 1 is 1.35 bits per heavy atom. The fraction of sp³-hybridized carbons (Fsp3) is 0.267. The summed E-state index contributed by atoms with van der Waals surface area (Å²) in [5.41, 5.74) is 1.67. The Hall–Kier alpha value is -0.970. The van der Waals surface area contributed by atoms with Gasteiger partial charge in [0.1, 0.15) is 5.82 Å². The zero-order valence-electron chi connectivity index (χ0n) is 11.0. The van der Waals surface area contributed by atoms with E-state index >= 15 is 0 Å². The molecule has 0 bridgehead atoms. The quantitative estimate of drug-likeness (QED) is 0.837. The molecule has 20 heavy (non-hydrogen) atoms. The minimum atomic E-state index is -0.296. The van der Waals surface area contributed by atoms with E-state index in [4.69, 9.17) is 11.6 Å². The third kappa shape index (κ3) is 3.78. The van der Waals surface area contributed by atoms with E-state index in [1.54, 1.807) is 18.5 Å². The Morgan fingerprint density at radius 2 is 2.15 bits per heavy atom. The van der Waals surface area contributed by atoms with Gasteiger partial charge in [-0.05, 0) is 64.3 Å². The number of benzene rings is 1. The Morgan fingerprint density at radius 3 is 2.85 bits per heavy atom. The van der Waals surface area contributed by atoms with Gasteiger partial charge in [-0.25, -0.2) is 4.39 Å². The maximum Gasteiger partial charge on any atom is 0.123 e. The molecule has 0 aliphatic carbocycles. The van der Waals surface area contributed by atoms with Crippen molar-refractivity contribution in [2.75, 3.05) is 6.54 Å². The zero-order valence-corrected chi connectivity index (χ0v) is 13.4. The monoisotopic (exact) mass is 356 g/mol. The highest BCUT2D eigenvalue weighted by Crippen LogP contribution is 2.29. The Labute approximate surface area is 131 Å². The molecule has 0 amide bonds. The smallest absolute Gasteiger partial charge is 0.123 e. The zero-order chi connectivity index (χ0) is 14.5. The van der Waals surface area contributed by atoms with Crippen molar-refractivity contribution in [1.82, 2.24) is 10.3 Å². The summed E-state index contributed by atoms with van der Waals surface area (Å²) >= 11 is 9.63. The van der Waals surface area contributed by atoms with Gasteiger partial charge >= 0.3 is 0 Å². The van der Waals surface area contributed by atoms with Gasteiger partial charge in [-0.1, -0.05) is 18.5 Å². The van der Waals surface area contributed by atoms with Gasteiger partial charge in [-0.3, -0.25) is 4.98 Å². The number of nitrogens with one attached hydrogen (secondary N) is 1. The van der Waals surface area contributed by atoms with Crippen LogP contribution >= 0.6 is 27.5 Å². The van der Waals surface area contributed by atoms with Crippen LogP contribution in [0.5, 0.6) is 0 Å². The lowest BCUT2D eigenvalue weighted by Gasteiger charge is -2.20. The van der Waals surface area contributed by atoms with Gasteiger partial charge in [-0.2, -0.15) is 0 Å². The summed E-state index contributed by atoms with van der Waals surface area (Å²) in [5.74, 6) is -0.296. The predicted molar refractivity (Wildman–Crippen MR) is 83.5 cm³/mol. The third-order valence-electron chi connectivity index (χ3n) is 2.93. The van der Waals surface area contributed by atoms with Crippen molar-refractivity contribution in [3.05, 3.63) is 63.1 Å². The molecule has 106 valence electrons. The summed E-state index contributed by atoms with van der Waals surface area (Å²) in [6.45, 7) is 2.89. The fourth-order valence-electron chi connectivity index (χ4n) is 2.02. The molecular formula is C15H15BrClFN2. The topological polar surface area (TPSA) is 24.9 Å². The first-order valence-corrected chi connectivity index (χ1v) is 7.57. The first kappa shape index (κ1) is 15.4. The molecule has 5 heteroatoms. The molecule has 0 aliphatic heterocycles. The van der Waals surface area contributed by atoms with Crippen LogP contribution in [-0.4, -0.2) is 11.5 Å². The molecule has 1 unspecified atom stereocenters. The average molecular weight is 358 g/mol. The number of pyridine rings is 1. The number of rotatable bonds is 5. The molecule has 1 heterocycles. The van der Waals surface area contributed by atoms with Gasteiger partial charge in [0.2, 0.25) is 0 Å². The Bertz CT molecular complexity index is 592. The van der Waals surface area contributed by atoms with E-state index in [-0.39, 0.29) is 11.9 Å². The van der Waals surface area contributed by atoms with Crippen LogP contribution in [0.3, 0.4) is 0 Å². The van der Waals surface area contributed by atoms with E-state index < -0.39 is 0 Å². The molecule has 1 N–H and O–H groups in total. The van der Waals surface area contributed by atoms with E-state index in [0.717, 1.165) is 28.6 Å². The molecule has 0 saturated carbocycles. The standard InChI is InChI=1S/C15H15BrClFN2/c1-2-5-20-15(10-6-11(16)9-19-8-10)13-7-12(18)3-4-14(13)17/h3-4,6-9,15,20H,2,5H2,1H3. The second-order valence-electron chi connectivity index (χ2n) is 4.49. The highest BCUT2D eigenvalue weighted by Gasteiger charge is 2.17. The molecule has 0 fully saturated rings. The molecule has 1 aromatic heterocycles. The number of aromatic nitrogens is 1. The second kappa shape index (κ2) is 7.16. The first-order chi connectivity index (χ1) is 9.61.